The predicted molar refractivity (Wildman–Crippen MR) is 134 cm³/mol. The second-order valence-corrected chi connectivity index (χ2v) is 11.5. The van der Waals surface area contributed by atoms with Gasteiger partial charge in [0.15, 0.2) is 0 Å². The minimum absolute atomic E-state index is 0.120. The zero-order valence-electron chi connectivity index (χ0n) is 19.8. The number of nitrogens with one attached hydrogen (secondary N) is 1. The Hall–Kier alpha value is -1.84. The molecule has 0 saturated carbocycles. The lowest BCUT2D eigenvalue weighted by Gasteiger charge is -2.42. The molecule has 0 aromatic heterocycles. The van der Waals surface area contributed by atoms with Crippen LogP contribution in [0.4, 0.5) is 4.39 Å². The molecule has 0 bridgehead atoms. The second kappa shape index (κ2) is 13.6. The van der Waals surface area contributed by atoms with Gasteiger partial charge in [0.1, 0.15) is 24.3 Å². The molecule has 1 fully saturated rings. The Morgan fingerprint density at radius 1 is 1.08 bits per heavy atom. The van der Waals surface area contributed by atoms with E-state index in [-0.39, 0.29) is 18.0 Å². The zero-order valence-corrected chi connectivity index (χ0v) is 22.2. The minimum atomic E-state index is -3.67. The van der Waals surface area contributed by atoms with Crippen LogP contribution in [-0.2, 0) is 31.6 Å². The van der Waals surface area contributed by atoms with Gasteiger partial charge in [-0.3, -0.25) is 14.0 Å². The molecule has 4 rings (SSSR count). The van der Waals surface area contributed by atoms with E-state index < -0.39 is 20.2 Å². The molecule has 0 unspecified atom stereocenters. The molecule has 0 spiro atoms. The first-order valence-electron chi connectivity index (χ1n) is 10.8. The quantitative estimate of drug-likeness (QED) is 0.470. The van der Waals surface area contributed by atoms with Gasteiger partial charge in [0.05, 0.1) is 25.2 Å². The molecule has 2 aromatic carbocycles. The normalized spacial score (nSPS) is 20.1. The van der Waals surface area contributed by atoms with Crippen molar-refractivity contribution in [1.29, 1.82) is 0 Å². The van der Waals surface area contributed by atoms with E-state index in [4.69, 9.17) is 30.2 Å². The lowest BCUT2D eigenvalue weighted by Crippen LogP contribution is -2.51. The fraction of sp³-hybridized carbons (Fsp3) is 0.455. The topological polar surface area (TPSA) is 142 Å². The maximum atomic E-state index is 13.6. The van der Waals surface area contributed by atoms with Crippen LogP contribution in [0.15, 0.2) is 42.5 Å². The van der Waals surface area contributed by atoms with Gasteiger partial charge in [0.2, 0.25) is 0 Å². The van der Waals surface area contributed by atoms with Crippen LogP contribution in [-0.4, -0.2) is 82.2 Å². The highest BCUT2D eigenvalue weighted by atomic mass is 35.5. The van der Waals surface area contributed by atoms with Crippen LogP contribution < -0.4 is 10.1 Å². The van der Waals surface area contributed by atoms with Crippen molar-refractivity contribution in [3.8, 4) is 5.75 Å². The largest absolute Gasteiger partial charge is 0.490 e. The fourth-order valence-corrected chi connectivity index (χ4v) is 3.99. The monoisotopic (exact) mass is 568 g/mol. The summed E-state index contributed by atoms with van der Waals surface area (Å²) in [5, 5.41) is 3.77. The van der Waals surface area contributed by atoms with Crippen molar-refractivity contribution < 1.29 is 39.8 Å². The number of halogens is 2. The van der Waals surface area contributed by atoms with Crippen LogP contribution >= 0.6 is 11.6 Å². The molecular weight excluding hydrogens is 539 g/mol. The summed E-state index contributed by atoms with van der Waals surface area (Å²) in [5.74, 6) is 0.574. The Kier molecular flexibility index (Phi) is 11.5. The molecule has 2 atom stereocenters. The molecule has 14 heteroatoms. The first-order chi connectivity index (χ1) is 16.7. The smallest absolute Gasteiger partial charge is 0.261 e. The van der Waals surface area contributed by atoms with Crippen molar-refractivity contribution in [2.24, 2.45) is 0 Å². The summed E-state index contributed by atoms with van der Waals surface area (Å²) in [4.78, 5) is 2.45. The van der Waals surface area contributed by atoms with Crippen LogP contribution in [0.25, 0.3) is 0 Å². The molecule has 0 amide bonds. The average Bonchev–Trinajstić information content (AvgIpc) is 2.75. The molecule has 0 aliphatic carbocycles. The van der Waals surface area contributed by atoms with Crippen molar-refractivity contribution in [1.82, 2.24) is 10.2 Å². The molecule has 10 nitrogen and oxygen atoms in total. The average molecular weight is 569 g/mol. The molecule has 2 aliphatic heterocycles. The third-order valence-corrected chi connectivity index (χ3v) is 5.14. The van der Waals surface area contributed by atoms with Crippen molar-refractivity contribution >= 4 is 31.8 Å². The van der Waals surface area contributed by atoms with Crippen LogP contribution in [0.3, 0.4) is 0 Å². The molecule has 2 aromatic rings. The number of rotatable bonds is 4. The number of nitrogens with zero attached hydrogens (tertiary/aromatic N) is 1. The summed E-state index contributed by atoms with van der Waals surface area (Å²) >= 11 is 5.95. The number of hydrogen-bond acceptors (Lipinski definition) is 8. The Labute approximate surface area is 215 Å². The molecular formula is C22H30ClFN2O8S2. The Morgan fingerprint density at radius 3 is 2.25 bits per heavy atom. The number of hydrogen-bond donors (Lipinski definition) is 3. The minimum Gasteiger partial charge on any atom is -0.490 e. The van der Waals surface area contributed by atoms with E-state index in [0.29, 0.717) is 30.7 Å². The standard InChI is InChI=1S/C20H22ClFN2O2.2CH4O3S/c21-15-9-14(10-16(22)11-15)12-25-19-13-26-18-4-2-1-3-17(18)20(19)24-7-5-23-6-8-24;2*1-5(2,3)4/h1-4,9-11,19-20,23H,5-8,12-13H2;2*1H3,(H,2,3,4)/t19-,20-;;/m0../s1. The predicted octanol–water partition coefficient (Wildman–Crippen LogP) is 2.41. The van der Waals surface area contributed by atoms with Gasteiger partial charge < -0.3 is 14.8 Å². The third-order valence-electron chi connectivity index (χ3n) is 4.92. The van der Waals surface area contributed by atoms with Gasteiger partial charge in [0.25, 0.3) is 20.2 Å². The van der Waals surface area contributed by atoms with E-state index >= 15 is 0 Å². The number of ether oxygens (including phenoxy) is 2. The highest BCUT2D eigenvalue weighted by molar-refractivity contribution is 7.85. The lowest BCUT2D eigenvalue weighted by atomic mass is 9.95. The fourth-order valence-electron chi connectivity index (χ4n) is 3.75. The van der Waals surface area contributed by atoms with Crippen molar-refractivity contribution in [3.05, 3.63) is 64.4 Å². The molecule has 1 saturated heterocycles. The summed E-state index contributed by atoms with van der Waals surface area (Å²) in [7, 11) is -7.33. The van der Waals surface area contributed by atoms with Crippen LogP contribution in [0, 0.1) is 5.82 Å². The molecule has 0 radical (unpaired) electrons. The Morgan fingerprint density at radius 2 is 1.67 bits per heavy atom. The van der Waals surface area contributed by atoms with Crippen LogP contribution in [0.5, 0.6) is 5.75 Å². The van der Waals surface area contributed by atoms with Crippen LogP contribution in [0.1, 0.15) is 17.2 Å². The summed E-state index contributed by atoms with van der Waals surface area (Å²) in [6.45, 7) is 4.64. The number of benzene rings is 2. The maximum absolute atomic E-state index is 13.6. The summed E-state index contributed by atoms with van der Waals surface area (Å²) in [6.07, 6.45) is 1.31. The van der Waals surface area contributed by atoms with E-state index in [1.807, 2.05) is 18.2 Å². The van der Waals surface area contributed by atoms with Crippen molar-refractivity contribution in [2.45, 2.75) is 18.8 Å². The van der Waals surface area contributed by atoms with Crippen molar-refractivity contribution in [3.63, 3.8) is 0 Å². The zero-order chi connectivity index (χ0) is 26.9. The molecule has 36 heavy (non-hydrogen) atoms. The number of fused-ring (bicyclic) bond motifs is 1. The van der Waals surface area contributed by atoms with E-state index in [1.165, 1.54) is 12.1 Å². The SMILES string of the molecule is CS(=O)(=O)O.CS(=O)(=O)O.Fc1cc(Cl)cc(CO[C@H]2COc3ccccc3[C@@H]2N2CCNCC2)c1. The summed E-state index contributed by atoms with van der Waals surface area (Å²) in [6, 6.07) is 12.8. The third kappa shape index (κ3) is 11.9. The van der Waals surface area contributed by atoms with Gasteiger partial charge in [-0.05, 0) is 29.8 Å². The first kappa shape index (κ1) is 30.4. The van der Waals surface area contributed by atoms with Crippen molar-refractivity contribution in [2.75, 3.05) is 45.3 Å². The van der Waals surface area contributed by atoms with E-state index in [1.54, 1.807) is 6.07 Å². The number of para-hydroxylation sites is 1. The highest BCUT2D eigenvalue weighted by Gasteiger charge is 2.36. The van der Waals surface area contributed by atoms with E-state index in [0.717, 1.165) is 43.1 Å². The van der Waals surface area contributed by atoms with Gasteiger partial charge in [-0.2, -0.15) is 16.8 Å². The highest BCUT2D eigenvalue weighted by Crippen LogP contribution is 2.37. The first-order valence-corrected chi connectivity index (χ1v) is 14.9. The maximum Gasteiger partial charge on any atom is 0.261 e. The second-order valence-electron chi connectivity index (χ2n) is 8.17. The van der Waals surface area contributed by atoms with Gasteiger partial charge in [0, 0.05) is 36.8 Å². The molecule has 2 aliphatic rings. The van der Waals surface area contributed by atoms with E-state index in [2.05, 4.69) is 16.3 Å². The summed E-state index contributed by atoms with van der Waals surface area (Å²) in [5.41, 5.74) is 1.89. The lowest BCUT2D eigenvalue weighted by molar-refractivity contribution is -0.0617. The van der Waals surface area contributed by atoms with Gasteiger partial charge in [-0.25, -0.2) is 4.39 Å². The van der Waals surface area contributed by atoms with Crippen LogP contribution in [0.2, 0.25) is 5.02 Å². The van der Waals surface area contributed by atoms with Gasteiger partial charge in [-0.1, -0.05) is 29.8 Å². The van der Waals surface area contributed by atoms with Gasteiger partial charge >= 0.3 is 0 Å². The van der Waals surface area contributed by atoms with E-state index in [9.17, 15) is 21.2 Å². The van der Waals surface area contributed by atoms with Gasteiger partial charge in [-0.15, -0.1) is 0 Å². The number of piperazine rings is 1. The Bertz CT molecular complexity index is 1140. The summed E-state index contributed by atoms with van der Waals surface area (Å²) < 4.78 is 77.4. The molecule has 2 heterocycles. The Balaban J connectivity index is 0.000000389. The molecule has 3 N–H and O–H groups in total. The molecule has 202 valence electrons.